The maximum absolute atomic E-state index is 5.34. The molecular formula is C9H11BrO. The molecule has 0 heterocycles. The lowest BCUT2D eigenvalue weighted by molar-refractivity contribution is 0.338. The summed E-state index contributed by atoms with van der Waals surface area (Å²) >= 11 is 3.42. The van der Waals surface area contributed by atoms with Crippen molar-refractivity contribution in [2.75, 3.05) is 6.61 Å². The van der Waals surface area contributed by atoms with Crippen molar-refractivity contribution in [2.24, 2.45) is 0 Å². The number of hydrogen-bond acceptors (Lipinski definition) is 1. The third-order valence-electron chi connectivity index (χ3n) is 1.39. The Hall–Kier alpha value is -0.500. The molecule has 0 aliphatic heterocycles. The van der Waals surface area contributed by atoms with Crippen LogP contribution in [0.3, 0.4) is 0 Å². The van der Waals surface area contributed by atoms with Gasteiger partial charge in [-0.15, -0.1) is 0 Å². The second-order valence-electron chi connectivity index (χ2n) is 2.37. The van der Waals surface area contributed by atoms with E-state index in [-0.39, 0.29) is 0 Å². The highest BCUT2D eigenvalue weighted by molar-refractivity contribution is 9.10. The van der Waals surface area contributed by atoms with Crippen LogP contribution in [0.25, 0.3) is 0 Å². The van der Waals surface area contributed by atoms with Crippen molar-refractivity contribution in [2.45, 2.75) is 13.8 Å². The summed E-state index contributed by atoms with van der Waals surface area (Å²) in [5, 5.41) is 0. The average molecular weight is 215 g/mol. The van der Waals surface area contributed by atoms with Gasteiger partial charge in [-0.05, 0) is 47.5 Å². The molecule has 60 valence electrons. The first-order valence-electron chi connectivity index (χ1n) is 3.63. The number of rotatable bonds is 2. The first kappa shape index (κ1) is 8.60. The normalized spacial score (nSPS) is 9.73. The van der Waals surface area contributed by atoms with Gasteiger partial charge in [0.2, 0.25) is 0 Å². The molecule has 0 radical (unpaired) electrons. The van der Waals surface area contributed by atoms with Crippen LogP contribution in [0.4, 0.5) is 0 Å². The van der Waals surface area contributed by atoms with Crippen molar-refractivity contribution in [3.05, 3.63) is 28.2 Å². The van der Waals surface area contributed by atoms with Crippen LogP contribution in [0.2, 0.25) is 0 Å². The molecule has 1 aromatic rings. The number of ether oxygens (including phenoxy) is 1. The van der Waals surface area contributed by atoms with Gasteiger partial charge < -0.3 is 4.74 Å². The van der Waals surface area contributed by atoms with E-state index in [1.165, 1.54) is 5.56 Å². The predicted molar refractivity (Wildman–Crippen MR) is 50.0 cm³/mol. The SMILES string of the molecule is CCOc1ccc(C)cc1Br. The quantitative estimate of drug-likeness (QED) is 0.736. The molecule has 1 rings (SSSR count). The molecule has 0 saturated carbocycles. The van der Waals surface area contributed by atoms with Crippen molar-refractivity contribution < 1.29 is 4.74 Å². The fraction of sp³-hybridized carbons (Fsp3) is 0.333. The van der Waals surface area contributed by atoms with Gasteiger partial charge in [-0.25, -0.2) is 0 Å². The molecule has 0 saturated heterocycles. The molecule has 0 unspecified atom stereocenters. The Morgan fingerprint density at radius 1 is 1.45 bits per heavy atom. The summed E-state index contributed by atoms with van der Waals surface area (Å²) in [7, 11) is 0. The molecule has 0 atom stereocenters. The summed E-state index contributed by atoms with van der Waals surface area (Å²) in [6.07, 6.45) is 0. The Labute approximate surface area is 75.5 Å². The third-order valence-corrected chi connectivity index (χ3v) is 2.01. The minimum Gasteiger partial charge on any atom is -0.493 e. The number of aryl methyl sites for hydroxylation is 1. The third kappa shape index (κ3) is 2.22. The highest BCUT2D eigenvalue weighted by Crippen LogP contribution is 2.25. The molecule has 0 bridgehead atoms. The minimum absolute atomic E-state index is 0.710. The van der Waals surface area contributed by atoms with E-state index < -0.39 is 0 Å². The van der Waals surface area contributed by atoms with Crippen LogP contribution >= 0.6 is 15.9 Å². The predicted octanol–water partition coefficient (Wildman–Crippen LogP) is 3.16. The number of halogens is 1. The van der Waals surface area contributed by atoms with E-state index in [9.17, 15) is 0 Å². The summed E-state index contributed by atoms with van der Waals surface area (Å²) in [4.78, 5) is 0. The lowest BCUT2D eigenvalue weighted by atomic mass is 10.2. The summed E-state index contributed by atoms with van der Waals surface area (Å²) in [5.74, 6) is 0.915. The van der Waals surface area contributed by atoms with E-state index >= 15 is 0 Å². The molecule has 1 aromatic carbocycles. The summed E-state index contributed by atoms with van der Waals surface area (Å²) < 4.78 is 6.37. The topological polar surface area (TPSA) is 9.23 Å². The fourth-order valence-corrected chi connectivity index (χ4v) is 1.49. The second kappa shape index (κ2) is 3.77. The van der Waals surface area contributed by atoms with Crippen LogP contribution < -0.4 is 4.74 Å². The maximum Gasteiger partial charge on any atom is 0.133 e. The molecule has 1 nitrogen and oxygen atoms in total. The van der Waals surface area contributed by atoms with Gasteiger partial charge in [0, 0.05) is 0 Å². The number of hydrogen-bond donors (Lipinski definition) is 0. The monoisotopic (exact) mass is 214 g/mol. The highest BCUT2D eigenvalue weighted by atomic mass is 79.9. The van der Waals surface area contributed by atoms with Gasteiger partial charge in [0.15, 0.2) is 0 Å². The van der Waals surface area contributed by atoms with Gasteiger partial charge in [-0.3, -0.25) is 0 Å². The Balaban J connectivity index is 2.90. The van der Waals surface area contributed by atoms with E-state index in [2.05, 4.69) is 22.9 Å². The Morgan fingerprint density at radius 3 is 2.73 bits per heavy atom. The molecule has 0 aliphatic rings. The molecule has 0 amide bonds. The van der Waals surface area contributed by atoms with E-state index in [1.807, 2.05) is 25.1 Å². The molecule has 0 aliphatic carbocycles. The molecular weight excluding hydrogens is 204 g/mol. The lowest BCUT2D eigenvalue weighted by Gasteiger charge is -2.05. The van der Waals surface area contributed by atoms with Gasteiger partial charge in [0.1, 0.15) is 5.75 Å². The molecule has 0 fully saturated rings. The summed E-state index contributed by atoms with van der Waals surface area (Å²) in [5.41, 5.74) is 1.24. The first-order valence-corrected chi connectivity index (χ1v) is 4.42. The van der Waals surface area contributed by atoms with Crippen molar-refractivity contribution in [3.8, 4) is 5.75 Å². The molecule has 11 heavy (non-hydrogen) atoms. The van der Waals surface area contributed by atoms with Crippen LogP contribution in [0.1, 0.15) is 12.5 Å². The Kier molecular flexibility index (Phi) is 2.94. The van der Waals surface area contributed by atoms with E-state index in [4.69, 9.17) is 4.74 Å². The molecule has 0 spiro atoms. The Morgan fingerprint density at radius 2 is 2.18 bits per heavy atom. The van der Waals surface area contributed by atoms with E-state index in [1.54, 1.807) is 0 Å². The average Bonchev–Trinajstić information content (AvgIpc) is 1.95. The van der Waals surface area contributed by atoms with E-state index in [0.717, 1.165) is 10.2 Å². The zero-order valence-electron chi connectivity index (χ0n) is 6.73. The highest BCUT2D eigenvalue weighted by Gasteiger charge is 1.98. The molecule has 2 heteroatoms. The number of benzene rings is 1. The van der Waals surface area contributed by atoms with Gasteiger partial charge in [-0.2, -0.15) is 0 Å². The zero-order valence-corrected chi connectivity index (χ0v) is 8.31. The van der Waals surface area contributed by atoms with Gasteiger partial charge in [0.05, 0.1) is 11.1 Å². The summed E-state index contributed by atoms with van der Waals surface area (Å²) in [6, 6.07) is 6.06. The molecule has 0 N–H and O–H groups in total. The zero-order chi connectivity index (χ0) is 8.27. The van der Waals surface area contributed by atoms with Crippen LogP contribution in [0.5, 0.6) is 5.75 Å². The Bertz CT molecular complexity index is 245. The summed E-state index contributed by atoms with van der Waals surface area (Å²) in [6.45, 7) is 4.74. The smallest absolute Gasteiger partial charge is 0.133 e. The first-order chi connectivity index (χ1) is 5.24. The molecule has 0 aromatic heterocycles. The minimum atomic E-state index is 0.710. The lowest BCUT2D eigenvalue weighted by Crippen LogP contribution is -1.91. The van der Waals surface area contributed by atoms with Crippen LogP contribution in [0.15, 0.2) is 22.7 Å². The largest absolute Gasteiger partial charge is 0.493 e. The van der Waals surface area contributed by atoms with Crippen LogP contribution in [-0.2, 0) is 0 Å². The maximum atomic E-state index is 5.34. The second-order valence-corrected chi connectivity index (χ2v) is 3.22. The van der Waals surface area contributed by atoms with Gasteiger partial charge >= 0.3 is 0 Å². The van der Waals surface area contributed by atoms with Crippen LogP contribution in [0, 0.1) is 6.92 Å². The van der Waals surface area contributed by atoms with Crippen molar-refractivity contribution in [1.82, 2.24) is 0 Å². The van der Waals surface area contributed by atoms with Crippen molar-refractivity contribution >= 4 is 15.9 Å². The van der Waals surface area contributed by atoms with Crippen molar-refractivity contribution in [3.63, 3.8) is 0 Å². The van der Waals surface area contributed by atoms with Gasteiger partial charge in [-0.1, -0.05) is 6.07 Å². The fourth-order valence-electron chi connectivity index (χ4n) is 0.878. The van der Waals surface area contributed by atoms with Crippen LogP contribution in [-0.4, -0.2) is 6.61 Å². The van der Waals surface area contributed by atoms with E-state index in [0.29, 0.717) is 6.61 Å². The standard InChI is InChI=1S/C9H11BrO/c1-3-11-9-5-4-7(2)6-8(9)10/h4-6H,3H2,1-2H3. The van der Waals surface area contributed by atoms with Gasteiger partial charge in [0.25, 0.3) is 0 Å². The van der Waals surface area contributed by atoms with Crippen molar-refractivity contribution in [1.29, 1.82) is 0 Å².